The van der Waals surface area contributed by atoms with Crippen LogP contribution in [0, 0.1) is 0 Å². The number of carbonyl (C=O) groups is 1. The van der Waals surface area contributed by atoms with E-state index in [1.54, 1.807) is 6.92 Å². The predicted molar refractivity (Wildman–Crippen MR) is 78.7 cm³/mol. The number of amides is 1. The van der Waals surface area contributed by atoms with E-state index in [-0.39, 0.29) is 22.9 Å². The first-order chi connectivity index (χ1) is 9.23. The molecule has 20 heavy (non-hydrogen) atoms. The summed E-state index contributed by atoms with van der Waals surface area (Å²) in [5.41, 5.74) is 11.0. The molecule has 0 heterocycles. The van der Waals surface area contributed by atoms with Gasteiger partial charge in [-0.05, 0) is 28.1 Å². The molecule has 1 rings (SSSR count). The summed E-state index contributed by atoms with van der Waals surface area (Å²) in [5.74, 6) is -0.603. The molecule has 0 saturated carbocycles. The van der Waals surface area contributed by atoms with Gasteiger partial charge in [-0.15, -0.1) is 0 Å². The van der Waals surface area contributed by atoms with Gasteiger partial charge < -0.3 is 16.2 Å². The Labute approximate surface area is 126 Å². The van der Waals surface area contributed by atoms with Crippen molar-refractivity contribution < 1.29 is 17.9 Å². The third-order valence-corrected chi connectivity index (χ3v) is 5.21. The second kappa shape index (κ2) is 6.42. The number of benzene rings is 1. The summed E-state index contributed by atoms with van der Waals surface area (Å²) >= 11 is 3.19. The average Bonchev–Trinajstić information content (AvgIpc) is 2.37. The second-order valence-corrected chi connectivity index (χ2v) is 6.68. The Morgan fingerprint density at radius 1 is 1.45 bits per heavy atom. The fourth-order valence-corrected chi connectivity index (χ4v) is 3.50. The van der Waals surface area contributed by atoms with Crippen molar-refractivity contribution in [1.82, 2.24) is 4.31 Å². The molecule has 0 saturated heterocycles. The lowest BCUT2D eigenvalue weighted by Crippen LogP contribution is -2.38. The number of hydrogen-bond acceptors (Lipinski definition) is 5. The lowest BCUT2D eigenvalue weighted by Gasteiger charge is -2.20. The highest BCUT2D eigenvalue weighted by Crippen LogP contribution is 2.33. The van der Waals surface area contributed by atoms with Gasteiger partial charge in [-0.3, -0.25) is 4.79 Å². The SMILES string of the molecule is CCN(CC(N)=O)S(=O)(=O)c1cc(N)c(Br)cc1OC. The van der Waals surface area contributed by atoms with Gasteiger partial charge in [0, 0.05) is 16.7 Å². The van der Waals surface area contributed by atoms with Crippen LogP contribution in [0.15, 0.2) is 21.5 Å². The zero-order valence-electron chi connectivity index (χ0n) is 11.1. The van der Waals surface area contributed by atoms with Crippen molar-refractivity contribution in [3.8, 4) is 5.75 Å². The number of sulfonamides is 1. The van der Waals surface area contributed by atoms with E-state index in [2.05, 4.69) is 15.9 Å². The van der Waals surface area contributed by atoms with E-state index >= 15 is 0 Å². The molecule has 0 aliphatic heterocycles. The number of nitrogen functional groups attached to an aromatic ring is 1. The molecular formula is C11H16BrN3O4S. The lowest BCUT2D eigenvalue weighted by molar-refractivity contribution is -0.118. The first-order valence-corrected chi connectivity index (χ1v) is 7.88. The molecule has 0 atom stereocenters. The third-order valence-electron chi connectivity index (χ3n) is 2.59. The molecule has 4 N–H and O–H groups in total. The smallest absolute Gasteiger partial charge is 0.247 e. The predicted octanol–water partition coefficient (Wildman–Crippen LogP) is 0.536. The van der Waals surface area contributed by atoms with E-state index < -0.39 is 22.5 Å². The molecule has 0 aliphatic carbocycles. The molecule has 0 unspecified atom stereocenters. The maximum Gasteiger partial charge on any atom is 0.247 e. The van der Waals surface area contributed by atoms with Crippen molar-refractivity contribution in [2.45, 2.75) is 11.8 Å². The minimum absolute atomic E-state index is 0.102. The lowest BCUT2D eigenvalue weighted by atomic mass is 10.3. The summed E-state index contributed by atoms with van der Waals surface area (Å²) in [7, 11) is -2.57. The molecule has 0 fully saturated rings. The Balaban J connectivity index is 3.40. The van der Waals surface area contributed by atoms with Crippen LogP contribution in [-0.2, 0) is 14.8 Å². The van der Waals surface area contributed by atoms with Gasteiger partial charge in [0.25, 0.3) is 0 Å². The van der Waals surface area contributed by atoms with E-state index in [1.165, 1.54) is 19.2 Å². The van der Waals surface area contributed by atoms with Crippen molar-refractivity contribution in [3.63, 3.8) is 0 Å². The quantitative estimate of drug-likeness (QED) is 0.713. The normalized spacial score (nSPS) is 11.6. The first-order valence-electron chi connectivity index (χ1n) is 5.65. The molecule has 112 valence electrons. The number of primary amides is 1. The number of hydrogen-bond donors (Lipinski definition) is 2. The van der Waals surface area contributed by atoms with Crippen LogP contribution in [0.4, 0.5) is 5.69 Å². The highest BCUT2D eigenvalue weighted by Gasteiger charge is 2.28. The van der Waals surface area contributed by atoms with Crippen LogP contribution in [0.25, 0.3) is 0 Å². The van der Waals surface area contributed by atoms with Crippen molar-refractivity contribution in [2.24, 2.45) is 5.73 Å². The van der Waals surface area contributed by atoms with Crippen molar-refractivity contribution >= 4 is 37.5 Å². The van der Waals surface area contributed by atoms with E-state index in [1.807, 2.05) is 0 Å². The fourth-order valence-electron chi connectivity index (χ4n) is 1.59. The zero-order valence-corrected chi connectivity index (χ0v) is 13.5. The molecule has 1 amide bonds. The summed E-state index contributed by atoms with van der Waals surface area (Å²) in [4.78, 5) is 10.9. The maximum atomic E-state index is 12.5. The molecular weight excluding hydrogens is 350 g/mol. The van der Waals surface area contributed by atoms with Crippen molar-refractivity contribution in [1.29, 1.82) is 0 Å². The minimum Gasteiger partial charge on any atom is -0.495 e. The maximum absolute atomic E-state index is 12.5. The fraction of sp³-hybridized carbons (Fsp3) is 0.364. The van der Waals surface area contributed by atoms with E-state index in [9.17, 15) is 13.2 Å². The molecule has 1 aromatic carbocycles. The van der Waals surface area contributed by atoms with Gasteiger partial charge in [-0.2, -0.15) is 4.31 Å². The number of anilines is 1. The van der Waals surface area contributed by atoms with Gasteiger partial charge in [0.1, 0.15) is 10.6 Å². The van der Waals surface area contributed by atoms with Crippen LogP contribution in [0.1, 0.15) is 6.92 Å². The average molecular weight is 366 g/mol. The third kappa shape index (κ3) is 3.41. The molecule has 1 aromatic rings. The Morgan fingerprint density at radius 3 is 2.50 bits per heavy atom. The summed E-state index contributed by atoms with van der Waals surface area (Å²) in [5, 5.41) is 0. The number of likely N-dealkylation sites (N-methyl/N-ethyl adjacent to an activating group) is 1. The monoisotopic (exact) mass is 365 g/mol. The number of rotatable bonds is 6. The molecule has 0 radical (unpaired) electrons. The highest BCUT2D eigenvalue weighted by molar-refractivity contribution is 9.10. The van der Waals surface area contributed by atoms with Crippen LogP contribution in [0.3, 0.4) is 0 Å². The van der Waals surface area contributed by atoms with E-state index in [0.717, 1.165) is 4.31 Å². The van der Waals surface area contributed by atoms with Crippen LogP contribution in [-0.4, -0.2) is 38.8 Å². The Morgan fingerprint density at radius 2 is 2.05 bits per heavy atom. The number of nitrogens with two attached hydrogens (primary N) is 2. The second-order valence-electron chi connectivity index (χ2n) is 3.92. The van der Waals surface area contributed by atoms with Gasteiger partial charge in [-0.25, -0.2) is 8.42 Å². The molecule has 0 aliphatic rings. The molecule has 9 heteroatoms. The standard InChI is InChI=1S/C11H16BrN3O4S/c1-3-15(6-11(14)16)20(17,18)10-5-8(13)7(12)4-9(10)19-2/h4-5H,3,6,13H2,1-2H3,(H2,14,16). The minimum atomic E-state index is -3.92. The zero-order chi connectivity index (χ0) is 15.5. The van der Waals surface area contributed by atoms with E-state index in [4.69, 9.17) is 16.2 Å². The number of methoxy groups -OCH3 is 1. The van der Waals surface area contributed by atoms with Gasteiger partial charge >= 0.3 is 0 Å². The number of nitrogens with zero attached hydrogens (tertiary/aromatic N) is 1. The topological polar surface area (TPSA) is 116 Å². The van der Waals surface area contributed by atoms with Gasteiger partial charge in [0.2, 0.25) is 15.9 Å². The van der Waals surface area contributed by atoms with Crippen molar-refractivity contribution in [2.75, 3.05) is 25.9 Å². The molecule has 0 spiro atoms. The molecule has 0 aromatic heterocycles. The summed E-state index contributed by atoms with van der Waals surface area (Å²) < 4.78 is 31.6. The van der Waals surface area contributed by atoms with E-state index in [0.29, 0.717) is 4.47 Å². The van der Waals surface area contributed by atoms with Gasteiger partial charge in [-0.1, -0.05) is 6.92 Å². The van der Waals surface area contributed by atoms with Crippen LogP contribution < -0.4 is 16.2 Å². The Hall–Kier alpha value is -1.32. The van der Waals surface area contributed by atoms with Crippen LogP contribution >= 0.6 is 15.9 Å². The summed E-state index contributed by atoms with van der Waals surface area (Å²) in [6, 6.07) is 2.74. The Bertz CT molecular complexity index is 618. The molecule has 7 nitrogen and oxygen atoms in total. The van der Waals surface area contributed by atoms with Gasteiger partial charge in [0.05, 0.1) is 13.7 Å². The van der Waals surface area contributed by atoms with Gasteiger partial charge in [0.15, 0.2) is 0 Å². The molecule has 0 bridgehead atoms. The summed E-state index contributed by atoms with van der Waals surface area (Å²) in [6.07, 6.45) is 0. The van der Waals surface area contributed by atoms with Crippen LogP contribution in [0.2, 0.25) is 0 Å². The van der Waals surface area contributed by atoms with Crippen molar-refractivity contribution in [3.05, 3.63) is 16.6 Å². The van der Waals surface area contributed by atoms with Crippen LogP contribution in [0.5, 0.6) is 5.75 Å². The number of ether oxygens (including phenoxy) is 1. The number of halogens is 1. The largest absolute Gasteiger partial charge is 0.495 e. The Kier molecular flexibility index (Phi) is 5.37. The highest BCUT2D eigenvalue weighted by atomic mass is 79.9. The summed E-state index contributed by atoms with van der Waals surface area (Å²) in [6.45, 7) is 1.30. The number of carbonyl (C=O) groups excluding carboxylic acids is 1. The first kappa shape index (κ1) is 16.7.